The fourth-order valence-corrected chi connectivity index (χ4v) is 3.66. The largest absolute Gasteiger partial charge is 0.495 e. The van der Waals surface area contributed by atoms with Gasteiger partial charge in [-0.3, -0.25) is 19.3 Å². The first-order chi connectivity index (χ1) is 15.5. The molecular weight excluding hydrogens is 424 g/mol. The fraction of sp³-hybridized carbons (Fsp3) is 0.333. The number of hydrogen-bond donors (Lipinski definition) is 3. The van der Waals surface area contributed by atoms with Gasteiger partial charge in [-0.15, -0.1) is 0 Å². The van der Waals surface area contributed by atoms with Crippen LogP contribution >= 0.6 is 0 Å². The van der Waals surface area contributed by atoms with E-state index in [1.54, 1.807) is 19.1 Å². The molecule has 5 amide bonds. The number of methoxy groups -OCH3 is 1. The summed E-state index contributed by atoms with van der Waals surface area (Å²) < 4.78 is 5.25. The predicted molar refractivity (Wildman–Crippen MR) is 124 cm³/mol. The molecule has 1 saturated heterocycles. The second-order valence-corrected chi connectivity index (χ2v) is 8.37. The first-order valence-corrected chi connectivity index (χ1v) is 10.5. The SMILES string of the molecule is COc1ccc(NC(C)=O)cc1NC(=O)CN1C(=O)NC(C)(c2ccc(C(C)C)cc2)C1=O. The van der Waals surface area contributed by atoms with Crippen molar-refractivity contribution >= 4 is 35.1 Å². The molecule has 0 radical (unpaired) electrons. The second-order valence-electron chi connectivity index (χ2n) is 8.37. The van der Waals surface area contributed by atoms with Crippen molar-refractivity contribution in [3.05, 3.63) is 53.6 Å². The van der Waals surface area contributed by atoms with Crippen molar-refractivity contribution in [3.63, 3.8) is 0 Å². The van der Waals surface area contributed by atoms with E-state index in [2.05, 4.69) is 29.8 Å². The maximum Gasteiger partial charge on any atom is 0.325 e. The summed E-state index contributed by atoms with van der Waals surface area (Å²) in [6, 6.07) is 11.6. The van der Waals surface area contributed by atoms with Crippen LogP contribution < -0.4 is 20.7 Å². The zero-order valence-electron chi connectivity index (χ0n) is 19.3. The number of benzene rings is 2. The summed E-state index contributed by atoms with van der Waals surface area (Å²) in [5.74, 6) is -0.667. The summed E-state index contributed by atoms with van der Waals surface area (Å²) in [6.07, 6.45) is 0. The number of hydrogen-bond acceptors (Lipinski definition) is 5. The van der Waals surface area contributed by atoms with Gasteiger partial charge in [0.25, 0.3) is 5.91 Å². The van der Waals surface area contributed by atoms with Gasteiger partial charge in [-0.2, -0.15) is 0 Å². The molecule has 1 heterocycles. The molecule has 3 rings (SSSR count). The molecule has 174 valence electrons. The van der Waals surface area contributed by atoms with Gasteiger partial charge in [0.2, 0.25) is 11.8 Å². The number of nitrogens with zero attached hydrogens (tertiary/aromatic N) is 1. The summed E-state index contributed by atoms with van der Waals surface area (Å²) in [4.78, 5) is 50.6. The van der Waals surface area contributed by atoms with E-state index < -0.39 is 29.9 Å². The number of urea groups is 1. The summed E-state index contributed by atoms with van der Waals surface area (Å²) in [5.41, 5.74) is 1.25. The van der Waals surface area contributed by atoms with Crippen molar-refractivity contribution in [2.75, 3.05) is 24.3 Å². The maximum atomic E-state index is 13.1. The first-order valence-electron chi connectivity index (χ1n) is 10.5. The fourth-order valence-electron chi connectivity index (χ4n) is 3.66. The molecule has 0 aromatic heterocycles. The molecule has 2 aromatic rings. The van der Waals surface area contributed by atoms with Gasteiger partial charge >= 0.3 is 6.03 Å². The van der Waals surface area contributed by atoms with Crippen LogP contribution in [0.1, 0.15) is 44.7 Å². The molecule has 9 nitrogen and oxygen atoms in total. The monoisotopic (exact) mass is 452 g/mol. The highest BCUT2D eigenvalue weighted by Gasteiger charge is 2.49. The standard InChI is InChI=1S/C24H28N4O5/c1-14(2)16-6-8-17(9-7-16)24(4)22(31)28(23(32)27-24)13-21(30)26-19-12-18(25-15(3)29)10-11-20(19)33-5/h6-12,14H,13H2,1-5H3,(H,25,29)(H,26,30)(H,27,32). The molecule has 0 aliphatic carbocycles. The maximum absolute atomic E-state index is 13.1. The average molecular weight is 453 g/mol. The molecule has 1 aliphatic rings. The van der Waals surface area contributed by atoms with E-state index in [1.165, 1.54) is 20.1 Å². The van der Waals surface area contributed by atoms with Gasteiger partial charge < -0.3 is 20.7 Å². The molecular formula is C24H28N4O5. The molecule has 2 aromatic carbocycles. The van der Waals surface area contributed by atoms with Crippen LogP contribution in [-0.4, -0.2) is 42.3 Å². The number of amides is 5. The number of anilines is 2. The lowest BCUT2D eigenvalue weighted by molar-refractivity contribution is -0.133. The zero-order valence-corrected chi connectivity index (χ0v) is 19.3. The summed E-state index contributed by atoms with van der Waals surface area (Å²) in [7, 11) is 1.44. The van der Waals surface area contributed by atoms with Crippen molar-refractivity contribution < 1.29 is 23.9 Å². The Labute approximate surface area is 192 Å². The number of rotatable bonds is 7. The normalized spacial score (nSPS) is 17.7. The zero-order chi connectivity index (χ0) is 24.3. The minimum atomic E-state index is -1.27. The Kier molecular flexibility index (Phi) is 6.71. The Balaban J connectivity index is 1.76. The van der Waals surface area contributed by atoms with Gasteiger partial charge in [0, 0.05) is 12.6 Å². The molecule has 0 saturated carbocycles. The van der Waals surface area contributed by atoms with Crippen molar-refractivity contribution in [2.45, 2.75) is 39.2 Å². The third-order valence-electron chi connectivity index (χ3n) is 5.53. The molecule has 1 fully saturated rings. The molecule has 1 atom stereocenters. The minimum Gasteiger partial charge on any atom is -0.495 e. The summed E-state index contributed by atoms with van der Waals surface area (Å²) in [5, 5.41) is 7.97. The van der Waals surface area contributed by atoms with Crippen LogP contribution in [0.3, 0.4) is 0 Å². The Bertz CT molecular complexity index is 1100. The van der Waals surface area contributed by atoms with Crippen LogP contribution in [0.25, 0.3) is 0 Å². The van der Waals surface area contributed by atoms with Crippen LogP contribution in [0.5, 0.6) is 5.75 Å². The highest BCUT2D eigenvalue weighted by atomic mass is 16.5. The summed E-state index contributed by atoms with van der Waals surface area (Å²) in [6.45, 7) is 6.65. The summed E-state index contributed by atoms with van der Waals surface area (Å²) >= 11 is 0. The van der Waals surface area contributed by atoms with E-state index in [1.807, 2.05) is 24.3 Å². The van der Waals surface area contributed by atoms with Crippen LogP contribution in [0.2, 0.25) is 0 Å². The van der Waals surface area contributed by atoms with Crippen LogP contribution in [0, 0.1) is 0 Å². The topological polar surface area (TPSA) is 117 Å². The smallest absolute Gasteiger partial charge is 0.325 e. The lowest BCUT2D eigenvalue weighted by atomic mass is 9.90. The minimum absolute atomic E-state index is 0.266. The highest BCUT2D eigenvalue weighted by molar-refractivity contribution is 6.10. The molecule has 9 heteroatoms. The van der Waals surface area contributed by atoms with Gasteiger partial charge in [-0.05, 0) is 42.2 Å². The van der Waals surface area contributed by atoms with Crippen molar-refractivity contribution in [2.24, 2.45) is 0 Å². The van der Waals surface area contributed by atoms with E-state index in [9.17, 15) is 19.2 Å². The van der Waals surface area contributed by atoms with E-state index in [4.69, 9.17) is 4.74 Å². The van der Waals surface area contributed by atoms with E-state index in [0.717, 1.165) is 10.5 Å². The highest BCUT2D eigenvalue weighted by Crippen LogP contribution is 2.31. The van der Waals surface area contributed by atoms with Crippen molar-refractivity contribution in [3.8, 4) is 5.75 Å². The third-order valence-corrected chi connectivity index (χ3v) is 5.53. The molecule has 0 bridgehead atoms. The molecule has 1 aliphatic heterocycles. The van der Waals surface area contributed by atoms with Crippen LogP contribution in [-0.2, 0) is 19.9 Å². The molecule has 1 unspecified atom stereocenters. The molecule has 0 spiro atoms. The molecule has 33 heavy (non-hydrogen) atoms. The quantitative estimate of drug-likeness (QED) is 0.558. The number of carbonyl (C=O) groups excluding carboxylic acids is 4. The third kappa shape index (κ3) is 4.97. The first kappa shape index (κ1) is 23.8. The predicted octanol–water partition coefficient (Wildman–Crippen LogP) is 3.18. The van der Waals surface area contributed by atoms with Gasteiger partial charge in [0.05, 0.1) is 12.8 Å². The van der Waals surface area contributed by atoms with Gasteiger partial charge in [-0.25, -0.2) is 4.79 Å². The van der Waals surface area contributed by atoms with E-state index >= 15 is 0 Å². The van der Waals surface area contributed by atoms with Crippen molar-refractivity contribution in [1.29, 1.82) is 0 Å². The Morgan fingerprint density at radius 3 is 2.33 bits per heavy atom. The number of imide groups is 1. The number of ether oxygens (including phenoxy) is 1. The Morgan fingerprint density at radius 1 is 1.09 bits per heavy atom. The lowest BCUT2D eigenvalue weighted by Gasteiger charge is -2.23. The Morgan fingerprint density at radius 2 is 1.76 bits per heavy atom. The molecule has 3 N–H and O–H groups in total. The van der Waals surface area contributed by atoms with Gasteiger partial charge in [0.15, 0.2) is 0 Å². The lowest BCUT2D eigenvalue weighted by Crippen LogP contribution is -2.42. The van der Waals surface area contributed by atoms with Crippen LogP contribution in [0.15, 0.2) is 42.5 Å². The average Bonchev–Trinajstić information content (AvgIpc) is 2.97. The van der Waals surface area contributed by atoms with Gasteiger partial charge in [0.1, 0.15) is 17.8 Å². The van der Waals surface area contributed by atoms with Crippen LogP contribution in [0.4, 0.5) is 16.2 Å². The number of carbonyl (C=O) groups is 4. The van der Waals surface area contributed by atoms with Crippen molar-refractivity contribution in [1.82, 2.24) is 10.2 Å². The van der Waals surface area contributed by atoms with E-state index in [-0.39, 0.29) is 5.91 Å². The van der Waals surface area contributed by atoms with E-state index in [0.29, 0.717) is 28.6 Å². The Hall–Kier alpha value is -3.88. The number of nitrogens with one attached hydrogen (secondary N) is 3. The van der Waals surface area contributed by atoms with Gasteiger partial charge in [-0.1, -0.05) is 38.1 Å². The second kappa shape index (κ2) is 9.32.